The third-order valence-electron chi connectivity index (χ3n) is 5.29. The van der Waals surface area contributed by atoms with Gasteiger partial charge in [0.2, 0.25) is 17.8 Å². The van der Waals surface area contributed by atoms with Crippen LogP contribution in [0.5, 0.6) is 0 Å². The zero-order valence-corrected chi connectivity index (χ0v) is 16.5. The van der Waals surface area contributed by atoms with Crippen LogP contribution in [-0.2, 0) is 15.0 Å². The molecular weight excluding hydrogens is 380 g/mol. The van der Waals surface area contributed by atoms with Crippen molar-refractivity contribution in [3.8, 4) is 11.1 Å². The summed E-state index contributed by atoms with van der Waals surface area (Å²) in [5, 5.41) is 2.82. The van der Waals surface area contributed by atoms with Crippen LogP contribution in [0.2, 0.25) is 0 Å². The molecule has 1 fully saturated rings. The first-order chi connectivity index (χ1) is 14.4. The number of nitrogens with one attached hydrogen (secondary N) is 1. The summed E-state index contributed by atoms with van der Waals surface area (Å²) in [7, 11) is 0. The van der Waals surface area contributed by atoms with Crippen molar-refractivity contribution in [3.05, 3.63) is 78.4 Å². The van der Waals surface area contributed by atoms with Crippen LogP contribution in [0.1, 0.15) is 24.8 Å². The Labute approximate surface area is 174 Å². The predicted molar refractivity (Wildman–Crippen MR) is 115 cm³/mol. The second-order valence-corrected chi connectivity index (χ2v) is 7.14. The van der Waals surface area contributed by atoms with Crippen molar-refractivity contribution < 1.29 is 9.59 Å². The van der Waals surface area contributed by atoms with Gasteiger partial charge in [0.25, 0.3) is 0 Å². The minimum absolute atomic E-state index is 0.131. The normalized spacial score (nSPS) is 15.4. The lowest BCUT2D eigenvalue weighted by molar-refractivity contribution is -0.129. The molecule has 1 aromatic heterocycles. The molecule has 154 valence electrons. The van der Waals surface area contributed by atoms with Crippen LogP contribution >= 0.6 is 0 Å². The molecular formula is C22H24N6O2. The highest BCUT2D eigenvalue weighted by molar-refractivity contribution is 5.95. The van der Waals surface area contributed by atoms with E-state index in [-0.39, 0.29) is 17.4 Å². The quantitative estimate of drug-likeness (QED) is 0.407. The highest BCUT2D eigenvalue weighted by Gasteiger charge is 2.45. The SMILES string of the molecule is C=C(/C=C\C(=C/N)C(N)=O)NC(=O)C1(c2ccc(-c3cnc(N)nc3)cc2)CCC1. The number of aromatic nitrogens is 2. The van der Waals surface area contributed by atoms with Gasteiger partial charge in [-0.2, -0.15) is 0 Å². The molecule has 3 rings (SSSR count). The molecule has 8 nitrogen and oxygen atoms in total. The van der Waals surface area contributed by atoms with E-state index < -0.39 is 11.3 Å². The highest BCUT2D eigenvalue weighted by Crippen LogP contribution is 2.44. The predicted octanol–water partition coefficient (Wildman–Crippen LogP) is 1.66. The number of rotatable bonds is 7. The van der Waals surface area contributed by atoms with E-state index in [1.165, 1.54) is 12.2 Å². The molecule has 7 N–H and O–H groups in total. The zero-order valence-electron chi connectivity index (χ0n) is 16.5. The van der Waals surface area contributed by atoms with Crippen LogP contribution < -0.4 is 22.5 Å². The first-order valence-corrected chi connectivity index (χ1v) is 9.44. The van der Waals surface area contributed by atoms with Gasteiger partial charge in [0.1, 0.15) is 0 Å². The number of amides is 2. The molecule has 1 aliphatic rings. The van der Waals surface area contributed by atoms with Crippen molar-refractivity contribution in [3.63, 3.8) is 0 Å². The maximum Gasteiger partial charge on any atom is 0.250 e. The molecule has 8 heteroatoms. The summed E-state index contributed by atoms with van der Waals surface area (Å²) in [6, 6.07) is 7.78. The molecule has 0 spiro atoms. The smallest absolute Gasteiger partial charge is 0.250 e. The first-order valence-electron chi connectivity index (χ1n) is 9.44. The molecule has 0 unspecified atom stereocenters. The Balaban J connectivity index is 1.74. The van der Waals surface area contributed by atoms with Gasteiger partial charge in [-0.25, -0.2) is 9.97 Å². The third-order valence-corrected chi connectivity index (χ3v) is 5.29. The van der Waals surface area contributed by atoms with Gasteiger partial charge in [0.05, 0.1) is 11.0 Å². The fraction of sp³-hybridized carbons (Fsp3) is 0.182. The minimum Gasteiger partial charge on any atom is -0.404 e. The van der Waals surface area contributed by atoms with Gasteiger partial charge < -0.3 is 22.5 Å². The van der Waals surface area contributed by atoms with Crippen molar-refractivity contribution in [1.29, 1.82) is 0 Å². The van der Waals surface area contributed by atoms with Crippen LogP contribution in [0.25, 0.3) is 11.1 Å². The van der Waals surface area contributed by atoms with Crippen LogP contribution in [0.4, 0.5) is 5.95 Å². The summed E-state index contributed by atoms with van der Waals surface area (Å²) in [5.74, 6) is -0.570. The largest absolute Gasteiger partial charge is 0.404 e. The summed E-state index contributed by atoms with van der Waals surface area (Å²) < 4.78 is 0. The summed E-state index contributed by atoms with van der Waals surface area (Å²) in [5.41, 5.74) is 18.7. The van der Waals surface area contributed by atoms with Crippen LogP contribution in [0, 0.1) is 0 Å². The number of hydrogen-bond acceptors (Lipinski definition) is 6. The van der Waals surface area contributed by atoms with E-state index in [1.54, 1.807) is 12.4 Å². The first kappa shape index (κ1) is 20.8. The Morgan fingerprint density at radius 3 is 2.20 bits per heavy atom. The number of carbonyl (C=O) groups is 2. The van der Waals surface area contributed by atoms with Gasteiger partial charge in [0.15, 0.2) is 0 Å². The van der Waals surface area contributed by atoms with Crippen molar-refractivity contribution in [2.24, 2.45) is 11.5 Å². The van der Waals surface area contributed by atoms with Gasteiger partial charge >= 0.3 is 0 Å². The maximum absolute atomic E-state index is 13.0. The Kier molecular flexibility index (Phi) is 5.96. The van der Waals surface area contributed by atoms with E-state index in [9.17, 15) is 9.59 Å². The van der Waals surface area contributed by atoms with Crippen LogP contribution in [0.15, 0.2) is 72.9 Å². The Hall–Kier alpha value is -3.94. The lowest BCUT2D eigenvalue weighted by atomic mass is 9.63. The van der Waals surface area contributed by atoms with Crippen molar-refractivity contribution >= 4 is 17.8 Å². The fourth-order valence-electron chi connectivity index (χ4n) is 3.36. The number of nitrogens with zero attached hydrogens (tertiary/aromatic N) is 2. The second kappa shape index (κ2) is 8.60. The highest BCUT2D eigenvalue weighted by atomic mass is 16.2. The zero-order chi connectivity index (χ0) is 21.7. The van der Waals surface area contributed by atoms with Gasteiger partial charge in [-0.15, -0.1) is 0 Å². The lowest BCUT2D eigenvalue weighted by Gasteiger charge is -2.40. The molecule has 1 aliphatic carbocycles. The van der Waals surface area contributed by atoms with E-state index in [1.807, 2.05) is 24.3 Å². The Morgan fingerprint density at radius 2 is 1.70 bits per heavy atom. The summed E-state index contributed by atoms with van der Waals surface area (Å²) in [6.07, 6.45) is 9.80. The van der Waals surface area contributed by atoms with E-state index in [2.05, 4.69) is 21.9 Å². The summed E-state index contributed by atoms with van der Waals surface area (Å²) in [4.78, 5) is 32.2. The fourth-order valence-corrected chi connectivity index (χ4v) is 3.36. The maximum atomic E-state index is 13.0. The standard InChI is InChI=1S/C22H24N6O2/c1-14(3-4-16(11-23)19(24)29)28-20(30)22(9-2-10-22)18-7-5-15(6-8-18)17-12-26-21(25)27-13-17/h3-8,11-13H,1-2,9-10,23H2,(H2,24,29)(H,28,30)(H2,25,26,27)/b4-3-,16-11+. The molecule has 0 saturated heterocycles. The third kappa shape index (κ3) is 4.22. The van der Waals surface area contributed by atoms with Crippen LogP contribution in [0.3, 0.4) is 0 Å². The van der Waals surface area contributed by atoms with Gasteiger partial charge in [-0.05, 0) is 36.1 Å². The number of nitrogens with two attached hydrogens (primary N) is 3. The van der Waals surface area contributed by atoms with Crippen molar-refractivity contribution in [1.82, 2.24) is 15.3 Å². The Bertz CT molecular complexity index is 1020. The van der Waals surface area contributed by atoms with Crippen molar-refractivity contribution in [2.75, 3.05) is 5.73 Å². The lowest BCUT2D eigenvalue weighted by Crippen LogP contribution is -2.48. The number of nitrogen functional groups attached to an aromatic ring is 1. The molecule has 0 atom stereocenters. The average Bonchev–Trinajstić information content (AvgIpc) is 2.68. The molecule has 0 aliphatic heterocycles. The number of primary amides is 1. The van der Waals surface area contributed by atoms with Crippen molar-refractivity contribution in [2.45, 2.75) is 24.7 Å². The molecule has 2 aromatic rings. The summed E-state index contributed by atoms with van der Waals surface area (Å²) in [6.45, 7) is 3.82. The van der Waals surface area contributed by atoms with E-state index in [4.69, 9.17) is 17.2 Å². The average molecular weight is 404 g/mol. The topological polar surface area (TPSA) is 150 Å². The monoisotopic (exact) mass is 404 g/mol. The van der Waals surface area contributed by atoms with E-state index >= 15 is 0 Å². The molecule has 2 amide bonds. The van der Waals surface area contributed by atoms with E-state index in [0.717, 1.165) is 42.2 Å². The summed E-state index contributed by atoms with van der Waals surface area (Å²) >= 11 is 0. The molecule has 30 heavy (non-hydrogen) atoms. The van der Waals surface area contributed by atoms with Gasteiger partial charge in [-0.3, -0.25) is 9.59 Å². The minimum atomic E-state index is -0.657. The number of allylic oxidation sites excluding steroid dienone is 1. The van der Waals surface area contributed by atoms with Gasteiger partial charge in [0, 0.05) is 29.9 Å². The van der Waals surface area contributed by atoms with Crippen LogP contribution in [-0.4, -0.2) is 21.8 Å². The Morgan fingerprint density at radius 1 is 1.07 bits per heavy atom. The number of hydrogen-bond donors (Lipinski definition) is 4. The second-order valence-electron chi connectivity index (χ2n) is 7.14. The number of benzene rings is 1. The molecule has 1 heterocycles. The molecule has 0 bridgehead atoms. The van der Waals surface area contributed by atoms with Gasteiger partial charge in [-0.1, -0.05) is 37.3 Å². The molecule has 1 aromatic carbocycles. The van der Waals surface area contributed by atoms with E-state index in [0.29, 0.717) is 5.70 Å². The number of anilines is 1. The number of carbonyl (C=O) groups excluding carboxylic acids is 2. The molecule has 0 radical (unpaired) electrons. The molecule has 1 saturated carbocycles.